The van der Waals surface area contributed by atoms with Gasteiger partial charge in [0.1, 0.15) is 4.88 Å². The van der Waals surface area contributed by atoms with Gasteiger partial charge < -0.3 is 39.1 Å². The van der Waals surface area contributed by atoms with Gasteiger partial charge in [0.2, 0.25) is 11.8 Å². The van der Waals surface area contributed by atoms with E-state index >= 15 is 0 Å². The average Bonchev–Trinajstić information content (AvgIpc) is 4.12. The average molecular weight is 869 g/mol. The smallest absolute Gasteiger partial charge is 0.363 e. The SMILES string of the molecule is COc1cc(C=C2N=C(c3ccc(NC(=O)Nc4ccc(C5=NC(=Cc6ccc(OC(=O)c7cccs7)c(OC)c6)C(=O)O5)cc4)cc3)OC2=O)ccc1OC(=O)C1=CCCS1. The molecule has 0 aliphatic carbocycles. The maximum atomic E-state index is 12.8. The Balaban J connectivity index is 0.857. The van der Waals surface area contributed by atoms with Gasteiger partial charge in [-0.05, 0) is 114 Å². The van der Waals surface area contributed by atoms with Crippen molar-refractivity contribution in [2.45, 2.75) is 6.42 Å². The van der Waals surface area contributed by atoms with Crippen LogP contribution >= 0.6 is 23.1 Å². The molecule has 2 N–H and O–H groups in total. The number of hydrogen-bond donors (Lipinski definition) is 2. The van der Waals surface area contributed by atoms with Crippen LogP contribution in [0.1, 0.15) is 38.3 Å². The lowest BCUT2D eigenvalue weighted by Crippen LogP contribution is -2.19. The van der Waals surface area contributed by atoms with Gasteiger partial charge in [-0.1, -0.05) is 24.3 Å². The molecule has 0 fully saturated rings. The molecule has 0 saturated heterocycles. The number of thioether (sulfide) groups is 1. The summed E-state index contributed by atoms with van der Waals surface area (Å²) in [5, 5.41) is 7.26. The summed E-state index contributed by atoms with van der Waals surface area (Å²) in [6.07, 6.45) is 5.70. The van der Waals surface area contributed by atoms with E-state index in [0.717, 1.165) is 12.2 Å². The largest absolute Gasteiger partial charge is 0.493 e. The first-order chi connectivity index (χ1) is 30.1. The van der Waals surface area contributed by atoms with Crippen LogP contribution in [0.15, 0.2) is 135 Å². The summed E-state index contributed by atoms with van der Waals surface area (Å²) < 4.78 is 32.6. The highest BCUT2D eigenvalue weighted by molar-refractivity contribution is 8.04. The molecule has 0 radical (unpaired) electrons. The lowest BCUT2D eigenvalue weighted by atomic mass is 10.1. The predicted octanol–water partition coefficient (Wildman–Crippen LogP) is 8.24. The number of carbonyl (C=O) groups excluding carboxylic acids is 5. The van der Waals surface area contributed by atoms with Crippen molar-refractivity contribution in [2.75, 3.05) is 30.6 Å². The molecule has 17 heteroatoms. The number of nitrogens with one attached hydrogen (secondary N) is 2. The molecule has 0 saturated carbocycles. The third-order valence-corrected chi connectivity index (χ3v) is 11.0. The van der Waals surface area contributed by atoms with Crippen LogP contribution in [0.3, 0.4) is 0 Å². The minimum absolute atomic E-state index is 0.0498. The number of carbonyl (C=O) groups is 5. The van der Waals surface area contributed by atoms with Crippen LogP contribution in [0.5, 0.6) is 23.0 Å². The molecule has 0 atom stereocenters. The Labute approximate surface area is 361 Å². The maximum Gasteiger partial charge on any atom is 0.363 e. The number of anilines is 2. The Morgan fingerprint density at radius 3 is 1.63 bits per heavy atom. The molecular weight excluding hydrogens is 837 g/mol. The summed E-state index contributed by atoms with van der Waals surface area (Å²) >= 11 is 2.70. The highest BCUT2D eigenvalue weighted by atomic mass is 32.2. The number of hydrogen-bond acceptors (Lipinski definition) is 15. The third kappa shape index (κ3) is 9.49. The molecule has 8 rings (SSSR count). The van der Waals surface area contributed by atoms with Crippen molar-refractivity contribution in [2.24, 2.45) is 9.98 Å². The molecule has 15 nitrogen and oxygen atoms in total. The summed E-state index contributed by atoms with van der Waals surface area (Å²) in [6, 6.07) is 25.7. The molecule has 3 aliphatic rings. The molecule has 310 valence electrons. The Kier molecular flexibility index (Phi) is 12.1. The molecule has 0 spiro atoms. The van der Waals surface area contributed by atoms with Crippen LogP contribution in [0.2, 0.25) is 0 Å². The van der Waals surface area contributed by atoms with Gasteiger partial charge in [0.25, 0.3) is 0 Å². The van der Waals surface area contributed by atoms with E-state index in [2.05, 4.69) is 20.6 Å². The monoisotopic (exact) mass is 868 g/mol. The lowest BCUT2D eigenvalue weighted by Gasteiger charge is -2.10. The second-order valence-electron chi connectivity index (χ2n) is 13.2. The third-order valence-electron chi connectivity index (χ3n) is 9.04. The van der Waals surface area contributed by atoms with Crippen molar-refractivity contribution in [3.8, 4) is 23.0 Å². The van der Waals surface area contributed by atoms with Gasteiger partial charge >= 0.3 is 29.9 Å². The van der Waals surface area contributed by atoms with E-state index in [9.17, 15) is 24.0 Å². The van der Waals surface area contributed by atoms with Crippen LogP contribution in [0, 0.1) is 0 Å². The van der Waals surface area contributed by atoms with E-state index in [1.165, 1.54) is 49.5 Å². The van der Waals surface area contributed by atoms with Crippen molar-refractivity contribution in [3.05, 3.63) is 152 Å². The van der Waals surface area contributed by atoms with Crippen LogP contribution < -0.4 is 29.6 Å². The van der Waals surface area contributed by atoms with E-state index < -0.39 is 29.9 Å². The second kappa shape index (κ2) is 18.2. The number of aliphatic imine (C=N–C) groups is 2. The minimum Gasteiger partial charge on any atom is -0.493 e. The molecule has 4 heterocycles. The number of cyclic esters (lactones) is 2. The zero-order valence-corrected chi connectivity index (χ0v) is 34.3. The lowest BCUT2D eigenvalue weighted by molar-refractivity contribution is -0.130. The highest BCUT2D eigenvalue weighted by Crippen LogP contribution is 2.34. The number of urea groups is 1. The Morgan fingerprint density at radius 1 is 0.661 bits per heavy atom. The molecule has 1 aromatic heterocycles. The Morgan fingerprint density at radius 2 is 1.18 bits per heavy atom. The number of amides is 2. The topological polar surface area (TPSA) is 190 Å². The zero-order chi connectivity index (χ0) is 43.2. The first-order valence-corrected chi connectivity index (χ1v) is 20.5. The minimum atomic E-state index is -0.657. The molecule has 3 aliphatic heterocycles. The summed E-state index contributed by atoms with van der Waals surface area (Å²) in [5.74, 6) is -0.196. The van der Waals surface area contributed by atoms with Crippen molar-refractivity contribution >= 4 is 88.3 Å². The molecule has 5 aromatic rings. The number of thiophene rings is 1. The van der Waals surface area contributed by atoms with Gasteiger partial charge in [-0.15, -0.1) is 23.1 Å². The van der Waals surface area contributed by atoms with E-state index in [-0.39, 0.29) is 34.7 Å². The number of rotatable bonds is 12. The van der Waals surface area contributed by atoms with Crippen LogP contribution in [-0.2, 0) is 23.9 Å². The van der Waals surface area contributed by atoms with E-state index in [1.807, 2.05) is 6.08 Å². The highest BCUT2D eigenvalue weighted by Gasteiger charge is 2.26. The van der Waals surface area contributed by atoms with E-state index in [4.69, 9.17) is 28.4 Å². The second-order valence-corrected chi connectivity index (χ2v) is 15.3. The quantitative estimate of drug-likeness (QED) is 0.0695. The fourth-order valence-electron chi connectivity index (χ4n) is 6.04. The summed E-state index contributed by atoms with van der Waals surface area (Å²) in [7, 11) is 2.89. The molecular formula is C45H32N4O11S2. The van der Waals surface area contributed by atoms with Crippen molar-refractivity contribution in [1.82, 2.24) is 0 Å². The van der Waals surface area contributed by atoms with Crippen molar-refractivity contribution < 1.29 is 52.4 Å². The molecule has 62 heavy (non-hydrogen) atoms. The number of methoxy groups -OCH3 is 2. The van der Waals surface area contributed by atoms with Crippen LogP contribution in [0.25, 0.3) is 12.2 Å². The van der Waals surface area contributed by atoms with Gasteiger partial charge in [-0.25, -0.2) is 34.0 Å². The fourth-order valence-corrected chi connectivity index (χ4v) is 7.49. The number of esters is 4. The van der Waals surface area contributed by atoms with Crippen LogP contribution in [0.4, 0.5) is 16.2 Å². The first-order valence-electron chi connectivity index (χ1n) is 18.6. The van der Waals surface area contributed by atoms with Gasteiger partial charge in [-0.3, -0.25) is 0 Å². The summed E-state index contributed by atoms with van der Waals surface area (Å²) in [6.45, 7) is 0. The number of nitrogens with zero attached hydrogens (tertiary/aromatic N) is 2. The summed E-state index contributed by atoms with van der Waals surface area (Å²) in [4.78, 5) is 72.8. The molecule has 0 bridgehead atoms. The molecule has 4 aromatic carbocycles. The number of benzene rings is 4. The van der Waals surface area contributed by atoms with E-state index in [0.29, 0.717) is 54.9 Å². The van der Waals surface area contributed by atoms with Gasteiger partial charge in [-0.2, -0.15) is 0 Å². The van der Waals surface area contributed by atoms with Gasteiger partial charge in [0, 0.05) is 28.3 Å². The number of allylic oxidation sites excluding steroid dienone is 1. The normalized spacial score (nSPS) is 15.6. The fraction of sp³-hybridized carbons (Fsp3) is 0.0889. The van der Waals surface area contributed by atoms with E-state index in [1.54, 1.807) is 102 Å². The van der Waals surface area contributed by atoms with Gasteiger partial charge in [0.05, 0.1) is 19.1 Å². The summed E-state index contributed by atoms with van der Waals surface area (Å²) in [5.41, 5.74) is 3.15. The predicted molar refractivity (Wildman–Crippen MR) is 233 cm³/mol. The van der Waals surface area contributed by atoms with Crippen molar-refractivity contribution in [1.29, 1.82) is 0 Å². The number of ether oxygens (including phenoxy) is 6. The molecule has 0 unspecified atom stereocenters. The van der Waals surface area contributed by atoms with Gasteiger partial charge in [0.15, 0.2) is 34.4 Å². The molecule has 2 amide bonds. The standard InChI is InChI=1S/C45H32N4O11S2/c1-55-35-23-25(7-17-33(35)57-43(52)37-5-3-19-61-37)21-31-41(50)59-39(48-31)27-9-13-29(14-10-27)46-45(54)47-30-15-11-28(12-16-30)40-49-32(42(51)60-40)22-26-8-18-34(36(24-26)56-2)58-44(53)38-6-4-20-62-38/h3,5-19,21-24H,4,20H2,1-2H3,(H2,46,47,54). The first kappa shape index (κ1) is 41.0. The Bertz CT molecular complexity index is 2770. The Hall–Kier alpha value is -7.76. The maximum absolute atomic E-state index is 12.8. The zero-order valence-electron chi connectivity index (χ0n) is 32.7. The van der Waals surface area contributed by atoms with Crippen molar-refractivity contribution in [3.63, 3.8) is 0 Å². The van der Waals surface area contributed by atoms with Crippen LogP contribution in [-0.4, -0.2) is 61.7 Å².